The molecule has 0 bridgehead atoms. The molecule has 0 radical (unpaired) electrons. The van der Waals surface area contributed by atoms with Crippen LogP contribution in [0.2, 0.25) is 0 Å². The van der Waals surface area contributed by atoms with E-state index in [2.05, 4.69) is 31.1 Å². The van der Waals surface area contributed by atoms with E-state index in [9.17, 15) is 4.79 Å². The molecule has 1 N–H and O–H groups in total. The van der Waals surface area contributed by atoms with Crippen LogP contribution in [0.15, 0.2) is 77.5 Å². The molecule has 0 spiro atoms. The average molecular weight is 475 g/mol. The number of aromatic amines is 1. The van der Waals surface area contributed by atoms with Gasteiger partial charge in [-0.15, -0.1) is 0 Å². The Morgan fingerprint density at radius 3 is 2.55 bits per heavy atom. The second-order valence-electron chi connectivity index (χ2n) is 7.16. The van der Waals surface area contributed by atoms with Gasteiger partial charge >= 0.3 is 0 Å². The van der Waals surface area contributed by atoms with Crippen molar-refractivity contribution in [1.82, 2.24) is 15.2 Å². The molecule has 3 heterocycles. The minimum atomic E-state index is -0.335. The molecule has 2 aromatic heterocycles. The standard InChI is InChI=1S/C24H19BrN4O2/c1-2-31-19-11-5-15(6-12-19)21-20-22(28-27-21)24(30)29(18-9-7-17(25)8-10-18)23(20)16-4-3-13-26-14-16/h3-14,23H,2H2,1H3,(H,27,28). The first kappa shape index (κ1) is 19.5. The number of benzene rings is 2. The Morgan fingerprint density at radius 1 is 1.10 bits per heavy atom. The highest BCUT2D eigenvalue weighted by molar-refractivity contribution is 9.10. The number of nitrogens with one attached hydrogen (secondary N) is 1. The lowest BCUT2D eigenvalue weighted by Gasteiger charge is -2.26. The summed E-state index contributed by atoms with van der Waals surface area (Å²) < 4.78 is 6.51. The summed E-state index contributed by atoms with van der Waals surface area (Å²) >= 11 is 3.47. The first-order valence-corrected chi connectivity index (χ1v) is 10.8. The van der Waals surface area contributed by atoms with E-state index in [4.69, 9.17) is 4.74 Å². The quantitative estimate of drug-likeness (QED) is 0.421. The number of hydrogen-bond acceptors (Lipinski definition) is 4. The third kappa shape index (κ3) is 3.41. The topological polar surface area (TPSA) is 71.1 Å². The van der Waals surface area contributed by atoms with Crippen molar-refractivity contribution in [3.63, 3.8) is 0 Å². The first-order valence-electron chi connectivity index (χ1n) is 9.98. The van der Waals surface area contributed by atoms with Crippen molar-refractivity contribution < 1.29 is 9.53 Å². The largest absolute Gasteiger partial charge is 0.494 e. The Kier molecular flexibility index (Phi) is 5.03. The second kappa shape index (κ2) is 8.00. The smallest absolute Gasteiger partial charge is 0.277 e. The van der Waals surface area contributed by atoms with Crippen LogP contribution in [-0.4, -0.2) is 27.7 Å². The third-order valence-corrected chi connectivity index (χ3v) is 5.84. The molecule has 4 aromatic rings. The van der Waals surface area contributed by atoms with Gasteiger partial charge in [-0.2, -0.15) is 5.10 Å². The van der Waals surface area contributed by atoms with Crippen LogP contribution in [0.5, 0.6) is 5.75 Å². The molecule has 5 rings (SSSR count). The van der Waals surface area contributed by atoms with Crippen molar-refractivity contribution in [2.75, 3.05) is 11.5 Å². The predicted molar refractivity (Wildman–Crippen MR) is 122 cm³/mol. The van der Waals surface area contributed by atoms with Crippen LogP contribution < -0.4 is 9.64 Å². The SMILES string of the molecule is CCOc1ccc(-c2n[nH]c3c2C(c2cccnc2)N(c2ccc(Br)cc2)C3=O)cc1. The Labute approximate surface area is 188 Å². The minimum Gasteiger partial charge on any atom is -0.494 e. The van der Waals surface area contributed by atoms with E-state index in [-0.39, 0.29) is 11.9 Å². The van der Waals surface area contributed by atoms with Crippen LogP contribution in [0.25, 0.3) is 11.3 Å². The molecule has 31 heavy (non-hydrogen) atoms. The van der Waals surface area contributed by atoms with E-state index in [0.29, 0.717) is 12.3 Å². The lowest BCUT2D eigenvalue weighted by molar-refractivity contribution is 0.0988. The highest BCUT2D eigenvalue weighted by atomic mass is 79.9. The summed E-state index contributed by atoms with van der Waals surface area (Å²) in [5.41, 5.74) is 4.75. The van der Waals surface area contributed by atoms with Gasteiger partial charge in [-0.05, 0) is 67.1 Å². The number of rotatable bonds is 5. The Hall–Kier alpha value is -3.45. The molecule has 1 amide bonds. The zero-order valence-electron chi connectivity index (χ0n) is 16.7. The van der Waals surface area contributed by atoms with Gasteiger partial charge < -0.3 is 4.74 Å². The van der Waals surface area contributed by atoms with Crippen molar-refractivity contribution >= 4 is 27.5 Å². The highest BCUT2D eigenvalue weighted by Crippen LogP contribution is 2.45. The molecule has 1 unspecified atom stereocenters. The number of halogens is 1. The first-order chi connectivity index (χ1) is 15.2. The van der Waals surface area contributed by atoms with Gasteiger partial charge in [0.05, 0.1) is 18.3 Å². The van der Waals surface area contributed by atoms with Crippen LogP contribution >= 0.6 is 15.9 Å². The number of pyridine rings is 1. The number of carbonyl (C=O) groups excluding carboxylic acids is 1. The van der Waals surface area contributed by atoms with Crippen molar-refractivity contribution in [3.8, 4) is 17.0 Å². The molecule has 1 aliphatic heterocycles. The maximum absolute atomic E-state index is 13.5. The minimum absolute atomic E-state index is 0.115. The van der Waals surface area contributed by atoms with Crippen molar-refractivity contribution in [2.24, 2.45) is 0 Å². The fourth-order valence-electron chi connectivity index (χ4n) is 3.96. The summed E-state index contributed by atoms with van der Waals surface area (Å²) in [7, 11) is 0. The number of fused-ring (bicyclic) bond motifs is 1. The van der Waals surface area contributed by atoms with Crippen molar-refractivity contribution in [2.45, 2.75) is 13.0 Å². The second-order valence-corrected chi connectivity index (χ2v) is 8.07. The summed E-state index contributed by atoms with van der Waals surface area (Å²) in [6, 6.07) is 19.0. The van der Waals surface area contributed by atoms with Gasteiger partial charge in [0, 0.05) is 33.7 Å². The fraction of sp³-hybridized carbons (Fsp3) is 0.125. The molecule has 0 saturated heterocycles. The van der Waals surface area contributed by atoms with Crippen LogP contribution in [-0.2, 0) is 0 Å². The molecule has 0 saturated carbocycles. The van der Waals surface area contributed by atoms with Gasteiger partial charge in [0.15, 0.2) is 0 Å². The molecule has 154 valence electrons. The van der Waals surface area contributed by atoms with Crippen LogP contribution in [0, 0.1) is 0 Å². The highest BCUT2D eigenvalue weighted by Gasteiger charge is 2.43. The number of aromatic nitrogens is 3. The van der Waals surface area contributed by atoms with Crippen LogP contribution in [0.1, 0.15) is 34.6 Å². The molecule has 6 nitrogen and oxygen atoms in total. The lowest BCUT2D eigenvalue weighted by Crippen LogP contribution is -2.29. The van der Waals surface area contributed by atoms with E-state index in [0.717, 1.165) is 38.3 Å². The van der Waals surface area contributed by atoms with E-state index in [1.54, 1.807) is 17.3 Å². The molecular formula is C24H19BrN4O2. The summed E-state index contributed by atoms with van der Waals surface area (Å²) in [4.78, 5) is 19.5. The lowest BCUT2D eigenvalue weighted by atomic mass is 9.97. The third-order valence-electron chi connectivity index (χ3n) is 5.31. The van der Waals surface area contributed by atoms with Gasteiger partial charge in [-0.3, -0.25) is 19.8 Å². The van der Waals surface area contributed by atoms with Gasteiger partial charge in [0.2, 0.25) is 0 Å². The number of H-pyrrole nitrogens is 1. The number of amides is 1. The molecule has 1 atom stereocenters. The molecular weight excluding hydrogens is 456 g/mol. The maximum atomic E-state index is 13.5. The number of ether oxygens (including phenoxy) is 1. The van der Waals surface area contributed by atoms with Crippen molar-refractivity contribution in [3.05, 3.63) is 94.4 Å². The van der Waals surface area contributed by atoms with Crippen LogP contribution in [0.3, 0.4) is 0 Å². The maximum Gasteiger partial charge on any atom is 0.277 e. The van der Waals surface area contributed by atoms with E-state index in [1.165, 1.54) is 0 Å². The number of nitrogens with zero attached hydrogens (tertiary/aromatic N) is 3. The van der Waals surface area contributed by atoms with Gasteiger partial charge in [0.25, 0.3) is 5.91 Å². The zero-order valence-corrected chi connectivity index (χ0v) is 18.3. The van der Waals surface area contributed by atoms with Crippen LogP contribution in [0.4, 0.5) is 5.69 Å². The summed E-state index contributed by atoms with van der Waals surface area (Å²) in [5.74, 6) is 0.686. The van der Waals surface area contributed by atoms with E-state index in [1.807, 2.05) is 67.6 Å². The molecule has 1 aliphatic rings. The Morgan fingerprint density at radius 2 is 1.87 bits per heavy atom. The Bertz CT molecular complexity index is 1220. The van der Waals surface area contributed by atoms with Gasteiger partial charge in [-0.1, -0.05) is 22.0 Å². The molecule has 2 aromatic carbocycles. The summed E-state index contributed by atoms with van der Waals surface area (Å²) in [6.07, 6.45) is 3.53. The Balaban J connectivity index is 1.65. The normalized spacial score (nSPS) is 15.2. The zero-order chi connectivity index (χ0) is 21.4. The average Bonchev–Trinajstić information content (AvgIpc) is 3.35. The number of carbonyl (C=O) groups is 1. The summed E-state index contributed by atoms with van der Waals surface area (Å²) in [6.45, 7) is 2.56. The van der Waals surface area contributed by atoms with E-state index >= 15 is 0 Å². The number of anilines is 1. The fourth-order valence-corrected chi connectivity index (χ4v) is 4.23. The summed E-state index contributed by atoms with van der Waals surface area (Å²) in [5, 5.41) is 7.49. The number of hydrogen-bond donors (Lipinski definition) is 1. The van der Waals surface area contributed by atoms with Gasteiger partial charge in [-0.25, -0.2) is 0 Å². The predicted octanol–water partition coefficient (Wildman–Crippen LogP) is 5.38. The monoisotopic (exact) mass is 474 g/mol. The molecule has 0 aliphatic carbocycles. The molecule has 0 fully saturated rings. The molecule has 7 heteroatoms. The van der Waals surface area contributed by atoms with E-state index < -0.39 is 0 Å². The van der Waals surface area contributed by atoms with Gasteiger partial charge in [0.1, 0.15) is 11.4 Å². The van der Waals surface area contributed by atoms with Crippen molar-refractivity contribution in [1.29, 1.82) is 0 Å².